The Kier molecular flexibility index (Phi) is 5.53. The highest BCUT2D eigenvalue weighted by Crippen LogP contribution is 2.44. The van der Waals surface area contributed by atoms with E-state index in [1.165, 1.54) is 0 Å². The summed E-state index contributed by atoms with van der Waals surface area (Å²) in [6.07, 6.45) is 0. The molecule has 156 valence electrons. The topological polar surface area (TPSA) is 61.3 Å². The largest absolute Gasteiger partial charge is 0.399 e. The molecule has 0 spiro atoms. The van der Waals surface area contributed by atoms with E-state index in [-0.39, 0.29) is 0 Å². The van der Waals surface area contributed by atoms with Crippen LogP contribution in [0.3, 0.4) is 0 Å². The molecule has 0 aliphatic heterocycles. The molecule has 0 aromatic heterocycles. The first kappa shape index (κ1) is 20.7. The average molecular weight is 409 g/mol. The molecule has 0 radical (unpaired) electrons. The second-order valence-corrected chi connectivity index (χ2v) is 8.14. The summed E-state index contributed by atoms with van der Waals surface area (Å²) in [5, 5.41) is 0. The number of rotatable bonds is 6. The Hall–Kier alpha value is -3.56. The van der Waals surface area contributed by atoms with E-state index in [1.54, 1.807) is 0 Å². The number of ether oxygens (including phenoxy) is 1. The van der Waals surface area contributed by atoms with Crippen LogP contribution in [-0.4, -0.2) is 0 Å². The van der Waals surface area contributed by atoms with Crippen molar-refractivity contribution < 1.29 is 4.74 Å². The molecule has 4 N–H and O–H groups in total. The summed E-state index contributed by atoms with van der Waals surface area (Å²) in [5.41, 5.74) is 16.2. The van der Waals surface area contributed by atoms with Crippen LogP contribution in [0.2, 0.25) is 0 Å². The molecule has 0 saturated heterocycles. The van der Waals surface area contributed by atoms with E-state index >= 15 is 0 Å². The van der Waals surface area contributed by atoms with Crippen molar-refractivity contribution in [2.45, 2.75) is 25.0 Å². The van der Waals surface area contributed by atoms with Gasteiger partial charge in [0.2, 0.25) is 0 Å². The summed E-state index contributed by atoms with van der Waals surface area (Å²) >= 11 is 0. The monoisotopic (exact) mass is 408 g/mol. The summed E-state index contributed by atoms with van der Waals surface area (Å²) in [6.45, 7) is 4.23. The van der Waals surface area contributed by atoms with Gasteiger partial charge >= 0.3 is 0 Å². The van der Waals surface area contributed by atoms with E-state index in [1.807, 2.05) is 84.9 Å². The Morgan fingerprint density at radius 3 is 1.06 bits per heavy atom. The van der Waals surface area contributed by atoms with Crippen LogP contribution in [0, 0.1) is 0 Å². The fraction of sp³-hybridized carbons (Fsp3) is 0.143. The molecule has 0 saturated carbocycles. The van der Waals surface area contributed by atoms with Crippen LogP contribution in [0.15, 0.2) is 109 Å². The highest BCUT2D eigenvalue weighted by atomic mass is 16.5. The van der Waals surface area contributed by atoms with Crippen LogP contribution in [0.5, 0.6) is 0 Å². The van der Waals surface area contributed by atoms with Gasteiger partial charge in [-0.15, -0.1) is 0 Å². The van der Waals surface area contributed by atoms with Crippen molar-refractivity contribution in [1.29, 1.82) is 0 Å². The van der Waals surface area contributed by atoms with E-state index in [2.05, 4.69) is 38.1 Å². The fourth-order valence-electron chi connectivity index (χ4n) is 4.09. The van der Waals surface area contributed by atoms with E-state index in [0.717, 1.165) is 33.6 Å². The first-order valence-electron chi connectivity index (χ1n) is 10.4. The molecule has 0 amide bonds. The van der Waals surface area contributed by atoms with Gasteiger partial charge < -0.3 is 16.2 Å². The van der Waals surface area contributed by atoms with Gasteiger partial charge in [0.1, 0.15) is 11.2 Å². The van der Waals surface area contributed by atoms with E-state index in [0.29, 0.717) is 0 Å². The van der Waals surface area contributed by atoms with Gasteiger partial charge in [0, 0.05) is 11.4 Å². The van der Waals surface area contributed by atoms with Crippen molar-refractivity contribution in [3.05, 3.63) is 131 Å². The van der Waals surface area contributed by atoms with Gasteiger partial charge in [-0.05, 0) is 60.4 Å². The molecule has 0 aliphatic rings. The van der Waals surface area contributed by atoms with Gasteiger partial charge in [-0.1, -0.05) is 84.9 Å². The Morgan fingerprint density at radius 1 is 0.452 bits per heavy atom. The third kappa shape index (κ3) is 4.05. The summed E-state index contributed by atoms with van der Waals surface area (Å²) in [5.74, 6) is 0. The maximum absolute atomic E-state index is 7.17. The van der Waals surface area contributed by atoms with Crippen LogP contribution in [-0.2, 0) is 15.9 Å². The van der Waals surface area contributed by atoms with E-state index in [4.69, 9.17) is 16.2 Å². The minimum absolute atomic E-state index is 0.721. The molecule has 0 fully saturated rings. The lowest BCUT2D eigenvalue weighted by atomic mass is 9.83. The number of nitrogen functional groups attached to an aromatic ring is 2. The van der Waals surface area contributed by atoms with Crippen molar-refractivity contribution in [3.8, 4) is 0 Å². The van der Waals surface area contributed by atoms with Crippen molar-refractivity contribution in [2.75, 3.05) is 11.5 Å². The fourth-order valence-corrected chi connectivity index (χ4v) is 4.09. The maximum atomic E-state index is 7.17. The number of hydrogen-bond donors (Lipinski definition) is 2. The van der Waals surface area contributed by atoms with Gasteiger partial charge in [0.15, 0.2) is 0 Å². The standard InChI is InChI=1S/C28H28N2O/c1-27(21-9-5-3-6-10-21,23-13-17-25(29)18-14-23)31-28(2,22-11-7-4-8-12-22)24-15-19-26(30)20-16-24/h3-20H,29-30H2,1-2H3. The Balaban J connectivity index is 1.91. The van der Waals surface area contributed by atoms with Crippen LogP contribution in [0.1, 0.15) is 36.1 Å². The lowest BCUT2D eigenvalue weighted by Gasteiger charge is -2.42. The molecule has 4 aromatic carbocycles. The highest BCUT2D eigenvalue weighted by molar-refractivity contribution is 5.47. The summed E-state index contributed by atoms with van der Waals surface area (Å²) < 4.78 is 7.17. The molecule has 4 aromatic rings. The molecule has 0 aliphatic carbocycles. The normalized spacial score (nSPS) is 15.0. The van der Waals surface area contributed by atoms with Gasteiger partial charge in [-0.3, -0.25) is 0 Å². The van der Waals surface area contributed by atoms with Crippen LogP contribution in [0.4, 0.5) is 11.4 Å². The SMILES string of the molecule is CC(OC(C)(c1ccccc1)c1ccc(N)cc1)(c1ccccc1)c1ccc(N)cc1. The van der Waals surface area contributed by atoms with Crippen molar-refractivity contribution in [3.63, 3.8) is 0 Å². The maximum Gasteiger partial charge on any atom is 0.117 e. The van der Waals surface area contributed by atoms with Crippen molar-refractivity contribution >= 4 is 11.4 Å². The van der Waals surface area contributed by atoms with E-state index < -0.39 is 11.2 Å². The first-order chi connectivity index (χ1) is 14.9. The molecular weight excluding hydrogens is 380 g/mol. The minimum Gasteiger partial charge on any atom is -0.399 e. The number of benzene rings is 4. The molecule has 0 bridgehead atoms. The summed E-state index contributed by atoms with van der Waals surface area (Å²) in [6, 6.07) is 36.4. The number of hydrogen-bond acceptors (Lipinski definition) is 3. The molecule has 0 heterocycles. The van der Waals surface area contributed by atoms with Gasteiger partial charge in [-0.2, -0.15) is 0 Å². The zero-order valence-electron chi connectivity index (χ0n) is 18.0. The molecule has 31 heavy (non-hydrogen) atoms. The molecule has 3 nitrogen and oxygen atoms in total. The molecule has 2 atom stereocenters. The Labute approximate surface area is 184 Å². The third-order valence-corrected chi connectivity index (χ3v) is 5.98. The van der Waals surface area contributed by atoms with Gasteiger partial charge in [0.05, 0.1) is 0 Å². The lowest BCUT2D eigenvalue weighted by molar-refractivity contribution is -0.106. The second-order valence-electron chi connectivity index (χ2n) is 8.14. The summed E-state index contributed by atoms with van der Waals surface area (Å²) in [7, 11) is 0. The highest BCUT2D eigenvalue weighted by Gasteiger charge is 2.41. The predicted molar refractivity (Wildman–Crippen MR) is 129 cm³/mol. The lowest BCUT2D eigenvalue weighted by Crippen LogP contribution is -2.39. The van der Waals surface area contributed by atoms with Crippen molar-refractivity contribution in [1.82, 2.24) is 0 Å². The number of nitrogens with two attached hydrogens (primary N) is 2. The van der Waals surface area contributed by atoms with Gasteiger partial charge in [-0.25, -0.2) is 0 Å². The Morgan fingerprint density at radius 2 is 0.742 bits per heavy atom. The smallest absolute Gasteiger partial charge is 0.117 e. The average Bonchev–Trinajstić information content (AvgIpc) is 2.81. The molecule has 3 heteroatoms. The molecule has 4 rings (SSSR count). The minimum atomic E-state index is -0.721. The van der Waals surface area contributed by atoms with Crippen LogP contribution in [0.25, 0.3) is 0 Å². The molecule has 2 unspecified atom stereocenters. The predicted octanol–water partition coefficient (Wildman–Crippen LogP) is 6.09. The second kappa shape index (κ2) is 8.29. The summed E-state index contributed by atoms with van der Waals surface area (Å²) in [4.78, 5) is 0. The molecular formula is C28H28N2O. The first-order valence-corrected chi connectivity index (χ1v) is 10.4. The zero-order valence-corrected chi connectivity index (χ0v) is 18.0. The zero-order chi connectivity index (χ0) is 21.9. The van der Waals surface area contributed by atoms with Crippen molar-refractivity contribution in [2.24, 2.45) is 0 Å². The van der Waals surface area contributed by atoms with Crippen LogP contribution < -0.4 is 11.5 Å². The number of anilines is 2. The van der Waals surface area contributed by atoms with Crippen LogP contribution >= 0.6 is 0 Å². The quantitative estimate of drug-likeness (QED) is 0.379. The Bertz CT molecular complexity index is 1030. The van der Waals surface area contributed by atoms with Gasteiger partial charge in [0.25, 0.3) is 0 Å². The third-order valence-electron chi connectivity index (χ3n) is 5.98. The van der Waals surface area contributed by atoms with E-state index in [9.17, 15) is 0 Å².